The van der Waals surface area contributed by atoms with Crippen LogP contribution in [0.3, 0.4) is 0 Å². The summed E-state index contributed by atoms with van der Waals surface area (Å²) in [6, 6.07) is 12.7. The number of fused-ring (bicyclic) bond motifs is 1. The molecule has 0 saturated carbocycles. The summed E-state index contributed by atoms with van der Waals surface area (Å²) in [5, 5.41) is 1.12. The lowest BCUT2D eigenvalue weighted by Crippen LogP contribution is -2.39. The molecule has 2 aromatic carbocycles. The number of nitrogens with one attached hydrogen (secondary N) is 1. The van der Waals surface area contributed by atoms with Crippen molar-refractivity contribution in [2.45, 2.75) is 30.1 Å². The number of carbonyl (C=O) groups excluding carboxylic acids is 1. The van der Waals surface area contributed by atoms with E-state index in [4.69, 9.17) is 4.98 Å². The van der Waals surface area contributed by atoms with Crippen LogP contribution >= 0.6 is 11.3 Å². The Morgan fingerprint density at radius 1 is 1.13 bits per heavy atom. The molecule has 2 heterocycles. The van der Waals surface area contributed by atoms with Crippen molar-refractivity contribution >= 4 is 37.5 Å². The average molecular weight is 448 g/mol. The largest absolute Gasteiger partial charge is 0.343 e. The van der Waals surface area contributed by atoms with Crippen LogP contribution in [-0.2, 0) is 14.8 Å². The molecule has 3 aromatic rings. The number of carbonyl (C=O) groups is 1. The lowest BCUT2D eigenvalue weighted by Gasteiger charge is -2.31. The Balaban J connectivity index is 1.26. The first-order valence-electron chi connectivity index (χ1n) is 9.81. The van der Waals surface area contributed by atoms with Gasteiger partial charge in [-0.05, 0) is 49.2 Å². The molecule has 0 bridgehead atoms. The number of rotatable bonds is 6. The van der Waals surface area contributed by atoms with Gasteiger partial charge < -0.3 is 4.90 Å². The minimum atomic E-state index is -3.76. The predicted molar refractivity (Wildman–Crippen MR) is 114 cm³/mol. The highest BCUT2D eigenvalue weighted by Gasteiger charge is 2.26. The zero-order chi connectivity index (χ0) is 21.1. The number of halogens is 1. The molecule has 1 aliphatic heterocycles. The van der Waals surface area contributed by atoms with Gasteiger partial charge in [-0.25, -0.2) is 22.5 Å². The summed E-state index contributed by atoms with van der Waals surface area (Å²) in [6.07, 6.45) is 1.80. The molecule has 1 amide bonds. The molecule has 1 saturated heterocycles. The van der Waals surface area contributed by atoms with Crippen molar-refractivity contribution < 1.29 is 17.6 Å². The van der Waals surface area contributed by atoms with E-state index in [0.717, 1.165) is 35.5 Å². The smallest absolute Gasteiger partial charge is 0.240 e. The molecule has 30 heavy (non-hydrogen) atoms. The quantitative estimate of drug-likeness (QED) is 0.627. The fourth-order valence-corrected chi connectivity index (χ4v) is 5.76. The maximum absolute atomic E-state index is 13.0. The number of benzene rings is 2. The summed E-state index contributed by atoms with van der Waals surface area (Å²) in [6.45, 7) is 1.30. The normalized spacial score (nSPS) is 15.6. The van der Waals surface area contributed by atoms with Crippen molar-refractivity contribution in [3.05, 3.63) is 59.4 Å². The number of nitrogens with zero attached hydrogens (tertiary/aromatic N) is 2. The molecule has 1 aromatic heterocycles. The van der Waals surface area contributed by atoms with Crippen molar-refractivity contribution in [1.82, 2.24) is 14.6 Å². The van der Waals surface area contributed by atoms with Crippen LogP contribution in [0.5, 0.6) is 0 Å². The second-order valence-corrected chi connectivity index (χ2v) is 10.1. The highest BCUT2D eigenvalue weighted by molar-refractivity contribution is 7.89. The molecule has 0 unspecified atom stereocenters. The number of para-hydroxylation sites is 1. The van der Waals surface area contributed by atoms with E-state index in [1.54, 1.807) is 16.2 Å². The molecule has 1 N–H and O–H groups in total. The molecular formula is C21H22FN3O3S2. The van der Waals surface area contributed by atoms with Crippen LogP contribution in [0.4, 0.5) is 4.39 Å². The Bertz CT molecular complexity index is 1100. The number of amides is 1. The zero-order valence-corrected chi connectivity index (χ0v) is 17.9. The van der Waals surface area contributed by atoms with Crippen LogP contribution in [0.2, 0.25) is 0 Å². The van der Waals surface area contributed by atoms with Crippen molar-refractivity contribution in [3.8, 4) is 0 Å². The number of piperidine rings is 1. The molecule has 158 valence electrons. The van der Waals surface area contributed by atoms with Crippen molar-refractivity contribution in [2.24, 2.45) is 0 Å². The Kier molecular flexibility index (Phi) is 6.12. The van der Waals surface area contributed by atoms with Crippen LogP contribution in [0.25, 0.3) is 10.2 Å². The lowest BCUT2D eigenvalue weighted by atomic mass is 9.97. The van der Waals surface area contributed by atoms with Gasteiger partial charge in [-0.2, -0.15) is 0 Å². The van der Waals surface area contributed by atoms with E-state index in [2.05, 4.69) is 10.8 Å². The molecular weight excluding hydrogens is 425 g/mol. The van der Waals surface area contributed by atoms with Gasteiger partial charge in [0.2, 0.25) is 15.9 Å². The van der Waals surface area contributed by atoms with E-state index < -0.39 is 15.8 Å². The molecule has 0 atom stereocenters. The Morgan fingerprint density at radius 3 is 2.53 bits per heavy atom. The van der Waals surface area contributed by atoms with Gasteiger partial charge in [-0.15, -0.1) is 11.3 Å². The molecule has 1 aliphatic rings. The van der Waals surface area contributed by atoms with Gasteiger partial charge in [0.25, 0.3) is 0 Å². The minimum absolute atomic E-state index is 0.0103. The lowest BCUT2D eigenvalue weighted by molar-refractivity contribution is -0.132. The fourth-order valence-electron chi connectivity index (χ4n) is 3.59. The molecule has 6 nitrogen and oxygen atoms in total. The number of hydrogen-bond donors (Lipinski definition) is 1. The van der Waals surface area contributed by atoms with Crippen molar-refractivity contribution in [1.29, 1.82) is 0 Å². The van der Waals surface area contributed by atoms with Crippen LogP contribution in [0.1, 0.15) is 30.2 Å². The number of thiazole rings is 1. The van der Waals surface area contributed by atoms with Gasteiger partial charge in [-0.3, -0.25) is 4.79 Å². The predicted octanol–water partition coefficient (Wildman–Crippen LogP) is 3.51. The average Bonchev–Trinajstić information content (AvgIpc) is 3.18. The van der Waals surface area contributed by atoms with Crippen LogP contribution in [0, 0.1) is 5.82 Å². The first-order valence-corrected chi connectivity index (χ1v) is 12.1. The van der Waals surface area contributed by atoms with E-state index in [1.807, 2.05) is 18.2 Å². The Labute approximate surface area is 178 Å². The molecule has 0 spiro atoms. The molecule has 0 aliphatic carbocycles. The highest BCUT2D eigenvalue weighted by Crippen LogP contribution is 2.33. The van der Waals surface area contributed by atoms with Gasteiger partial charge in [-0.1, -0.05) is 12.1 Å². The summed E-state index contributed by atoms with van der Waals surface area (Å²) >= 11 is 1.71. The van der Waals surface area contributed by atoms with E-state index in [0.29, 0.717) is 19.0 Å². The Hall–Kier alpha value is -2.36. The number of hydrogen-bond acceptors (Lipinski definition) is 5. The van der Waals surface area contributed by atoms with Gasteiger partial charge >= 0.3 is 0 Å². The second kappa shape index (κ2) is 8.79. The van der Waals surface area contributed by atoms with E-state index in [1.165, 1.54) is 16.8 Å². The summed E-state index contributed by atoms with van der Waals surface area (Å²) in [7, 11) is -3.76. The first-order chi connectivity index (χ1) is 14.4. The monoisotopic (exact) mass is 447 g/mol. The Morgan fingerprint density at radius 2 is 1.83 bits per heavy atom. The molecule has 4 rings (SSSR count). The summed E-state index contributed by atoms with van der Waals surface area (Å²) in [5.74, 6) is -0.221. The van der Waals surface area contributed by atoms with Gasteiger partial charge in [0.05, 0.1) is 20.1 Å². The van der Waals surface area contributed by atoms with E-state index >= 15 is 0 Å². The van der Waals surface area contributed by atoms with Gasteiger partial charge in [0, 0.05) is 32.0 Å². The summed E-state index contributed by atoms with van der Waals surface area (Å²) < 4.78 is 41.0. The van der Waals surface area contributed by atoms with Gasteiger partial charge in [0.15, 0.2) is 0 Å². The third-order valence-corrected chi connectivity index (χ3v) is 7.94. The third kappa shape index (κ3) is 4.69. The molecule has 9 heteroatoms. The first kappa shape index (κ1) is 20.9. The summed E-state index contributed by atoms with van der Waals surface area (Å²) in [4.78, 5) is 19.0. The third-order valence-electron chi connectivity index (χ3n) is 5.26. The molecule has 0 radical (unpaired) electrons. The van der Waals surface area contributed by atoms with E-state index in [-0.39, 0.29) is 23.8 Å². The van der Waals surface area contributed by atoms with Crippen molar-refractivity contribution in [3.63, 3.8) is 0 Å². The zero-order valence-electron chi connectivity index (χ0n) is 16.3. The fraction of sp³-hybridized carbons (Fsp3) is 0.333. The van der Waals surface area contributed by atoms with E-state index in [9.17, 15) is 17.6 Å². The SMILES string of the molecule is O=C(CCNS(=O)(=O)c1ccc(F)cc1)N1CCC(c2nc3ccccc3s2)CC1. The topological polar surface area (TPSA) is 79.4 Å². The van der Waals surface area contributed by atoms with Crippen LogP contribution in [0.15, 0.2) is 53.4 Å². The highest BCUT2D eigenvalue weighted by atomic mass is 32.2. The van der Waals surface area contributed by atoms with Crippen LogP contribution in [-0.4, -0.2) is 43.8 Å². The number of aromatic nitrogens is 1. The maximum atomic E-state index is 13.0. The maximum Gasteiger partial charge on any atom is 0.240 e. The minimum Gasteiger partial charge on any atom is -0.343 e. The molecule has 1 fully saturated rings. The number of likely N-dealkylation sites (tertiary alicyclic amines) is 1. The standard InChI is InChI=1S/C21H22FN3O3S2/c22-16-5-7-17(8-6-16)30(27,28)23-12-9-20(26)25-13-10-15(11-14-25)21-24-18-3-1-2-4-19(18)29-21/h1-8,15,23H,9-14H2. The van der Waals surface area contributed by atoms with Crippen LogP contribution < -0.4 is 4.72 Å². The summed E-state index contributed by atoms with van der Waals surface area (Å²) in [5.41, 5.74) is 1.02. The van der Waals surface area contributed by atoms with Gasteiger partial charge in [0.1, 0.15) is 5.82 Å². The second-order valence-electron chi connectivity index (χ2n) is 7.28. The van der Waals surface area contributed by atoms with Crippen molar-refractivity contribution in [2.75, 3.05) is 19.6 Å². The number of sulfonamides is 1.